The van der Waals surface area contributed by atoms with Crippen LogP contribution in [-0.4, -0.2) is 4.98 Å². The molecule has 4 heteroatoms. The summed E-state index contributed by atoms with van der Waals surface area (Å²) in [5, 5.41) is 0. The molecule has 0 fully saturated rings. The quantitative estimate of drug-likeness (QED) is 0.827. The summed E-state index contributed by atoms with van der Waals surface area (Å²) in [5.41, 5.74) is 0.811. The van der Waals surface area contributed by atoms with E-state index in [1.807, 2.05) is 0 Å². The van der Waals surface area contributed by atoms with Crippen LogP contribution in [0.3, 0.4) is 0 Å². The Morgan fingerprint density at radius 2 is 2.20 bits per heavy atom. The lowest BCUT2D eigenvalue weighted by atomic mass is 10.1. The first-order valence-electron chi connectivity index (χ1n) is 4.80. The third-order valence-electron chi connectivity index (χ3n) is 2.04. The van der Waals surface area contributed by atoms with Crippen molar-refractivity contribution in [1.82, 2.24) is 4.98 Å². The smallest absolute Gasteiger partial charge is 0.195 e. The van der Waals surface area contributed by atoms with Gasteiger partial charge in [0.05, 0.1) is 0 Å². The minimum atomic E-state index is -0.373. The highest BCUT2D eigenvalue weighted by molar-refractivity contribution is 9.10. The Bertz CT molecular complexity index is 493. The Morgan fingerprint density at radius 1 is 1.47 bits per heavy atom. The Morgan fingerprint density at radius 3 is 2.87 bits per heavy atom. The van der Waals surface area contributed by atoms with E-state index in [9.17, 15) is 4.39 Å². The molecule has 15 heavy (non-hydrogen) atoms. The number of benzene rings is 1. The highest BCUT2D eigenvalue weighted by Gasteiger charge is 2.12. The van der Waals surface area contributed by atoms with Gasteiger partial charge in [0.2, 0.25) is 0 Å². The number of oxazole rings is 1. The molecule has 80 valence electrons. The molecule has 0 aliphatic carbocycles. The lowest BCUT2D eigenvalue weighted by molar-refractivity contribution is 0.469. The topological polar surface area (TPSA) is 26.0 Å². The molecule has 1 heterocycles. The van der Waals surface area contributed by atoms with Crippen molar-refractivity contribution in [2.75, 3.05) is 0 Å². The van der Waals surface area contributed by atoms with Crippen LogP contribution in [0.25, 0.3) is 11.1 Å². The summed E-state index contributed by atoms with van der Waals surface area (Å²) in [7, 11) is 0. The number of fused-ring (bicyclic) bond motifs is 1. The molecule has 2 nitrogen and oxygen atoms in total. The van der Waals surface area contributed by atoms with Crippen LogP contribution in [0.1, 0.15) is 19.7 Å². The number of nitrogens with zero attached hydrogens (tertiary/aromatic N) is 1. The van der Waals surface area contributed by atoms with E-state index < -0.39 is 0 Å². The second-order valence-corrected chi connectivity index (χ2v) is 4.86. The maximum Gasteiger partial charge on any atom is 0.195 e. The minimum absolute atomic E-state index is 0.244. The summed E-state index contributed by atoms with van der Waals surface area (Å²) in [6, 6.07) is 3.14. The maximum absolute atomic E-state index is 13.4. The van der Waals surface area contributed by atoms with Crippen LogP contribution >= 0.6 is 15.9 Å². The Balaban J connectivity index is 2.50. The normalized spacial score (nSPS) is 11.5. The standard InChI is InChI=1S/C11H11BrFNO/c1-6(2)3-10-14-9-5-7(12)4-8(13)11(9)15-10/h4-6H,3H2,1-2H3. The number of hydrogen-bond donors (Lipinski definition) is 0. The van der Waals surface area contributed by atoms with Crippen LogP contribution < -0.4 is 0 Å². The van der Waals surface area contributed by atoms with Gasteiger partial charge in [-0.25, -0.2) is 9.37 Å². The van der Waals surface area contributed by atoms with Crippen molar-refractivity contribution in [2.24, 2.45) is 5.92 Å². The van der Waals surface area contributed by atoms with Gasteiger partial charge in [0.1, 0.15) is 5.52 Å². The SMILES string of the molecule is CC(C)Cc1nc2cc(Br)cc(F)c2o1. The fraction of sp³-hybridized carbons (Fsp3) is 0.364. The van der Waals surface area contributed by atoms with E-state index in [0.717, 1.165) is 6.42 Å². The lowest BCUT2D eigenvalue weighted by Crippen LogP contribution is -1.93. The molecule has 0 spiro atoms. The van der Waals surface area contributed by atoms with Gasteiger partial charge in [0.25, 0.3) is 0 Å². The van der Waals surface area contributed by atoms with E-state index in [-0.39, 0.29) is 11.4 Å². The predicted molar refractivity (Wildman–Crippen MR) is 60.2 cm³/mol. The van der Waals surface area contributed by atoms with Crippen molar-refractivity contribution in [3.05, 3.63) is 28.3 Å². The molecule has 0 aliphatic rings. The summed E-state index contributed by atoms with van der Waals surface area (Å²) in [4.78, 5) is 4.24. The van der Waals surface area contributed by atoms with Crippen molar-refractivity contribution in [2.45, 2.75) is 20.3 Å². The van der Waals surface area contributed by atoms with Crippen molar-refractivity contribution >= 4 is 27.0 Å². The van der Waals surface area contributed by atoms with Crippen LogP contribution in [0, 0.1) is 11.7 Å². The molecule has 2 rings (SSSR count). The van der Waals surface area contributed by atoms with Crippen LogP contribution in [0.2, 0.25) is 0 Å². The molecular formula is C11H11BrFNO. The molecule has 0 aliphatic heterocycles. The molecule has 1 aromatic heterocycles. The first kappa shape index (κ1) is 10.6. The van der Waals surface area contributed by atoms with Gasteiger partial charge in [-0.05, 0) is 18.1 Å². The van der Waals surface area contributed by atoms with E-state index in [0.29, 0.717) is 21.8 Å². The highest BCUT2D eigenvalue weighted by Crippen LogP contribution is 2.24. The van der Waals surface area contributed by atoms with Crippen molar-refractivity contribution in [3.63, 3.8) is 0 Å². The molecule has 0 saturated carbocycles. The average Bonchev–Trinajstić information content (AvgIpc) is 2.45. The van der Waals surface area contributed by atoms with Gasteiger partial charge in [-0.3, -0.25) is 0 Å². The van der Waals surface area contributed by atoms with Gasteiger partial charge in [0.15, 0.2) is 17.3 Å². The Kier molecular flexibility index (Phi) is 2.78. The monoisotopic (exact) mass is 271 g/mol. The first-order chi connectivity index (χ1) is 7.06. The summed E-state index contributed by atoms with van der Waals surface area (Å²) >= 11 is 3.22. The maximum atomic E-state index is 13.4. The molecule has 0 amide bonds. The van der Waals surface area contributed by atoms with E-state index in [4.69, 9.17) is 4.42 Å². The third-order valence-corrected chi connectivity index (χ3v) is 2.49. The van der Waals surface area contributed by atoms with Gasteiger partial charge in [-0.1, -0.05) is 29.8 Å². The molecule has 2 aromatic rings. The highest BCUT2D eigenvalue weighted by atomic mass is 79.9. The molecule has 0 atom stereocenters. The Labute approximate surface area is 95.6 Å². The summed E-state index contributed by atoms with van der Waals surface area (Å²) in [5.74, 6) is 0.670. The zero-order valence-corrected chi connectivity index (χ0v) is 10.1. The number of rotatable bonds is 2. The summed E-state index contributed by atoms with van der Waals surface area (Å²) in [6.45, 7) is 4.14. The zero-order chi connectivity index (χ0) is 11.0. The average molecular weight is 272 g/mol. The fourth-order valence-corrected chi connectivity index (χ4v) is 1.86. The van der Waals surface area contributed by atoms with E-state index in [1.54, 1.807) is 6.07 Å². The van der Waals surface area contributed by atoms with E-state index >= 15 is 0 Å². The summed E-state index contributed by atoms with van der Waals surface area (Å²) < 4.78 is 19.5. The van der Waals surface area contributed by atoms with Gasteiger partial charge in [-0.15, -0.1) is 0 Å². The lowest BCUT2D eigenvalue weighted by Gasteiger charge is -1.97. The van der Waals surface area contributed by atoms with Crippen LogP contribution in [0.15, 0.2) is 21.0 Å². The number of halogens is 2. The summed E-state index contributed by atoms with van der Waals surface area (Å²) in [6.07, 6.45) is 0.728. The molecule has 0 saturated heterocycles. The molecule has 1 aromatic carbocycles. The molecule has 0 N–H and O–H groups in total. The van der Waals surface area contributed by atoms with Crippen molar-refractivity contribution in [3.8, 4) is 0 Å². The second kappa shape index (κ2) is 3.93. The largest absolute Gasteiger partial charge is 0.438 e. The van der Waals surface area contributed by atoms with E-state index in [2.05, 4.69) is 34.8 Å². The number of hydrogen-bond acceptors (Lipinski definition) is 2. The van der Waals surface area contributed by atoms with Crippen LogP contribution in [0.4, 0.5) is 4.39 Å². The minimum Gasteiger partial charge on any atom is -0.438 e. The molecule has 0 radical (unpaired) electrons. The van der Waals surface area contributed by atoms with Crippen LogP contribution in [-0.2, 0) is 6.42 Å². The predicted octanol–water partition coefficient (Wildman–Crippen LogP) is 3.93. The Hall–Kier alpha value is -0.900. The van der Waals surface area contributed by atoms with Gasteiger partial charge < -0.3 is 4.42 Å². The van der Waals surface area contributed by atoms with Crippen molar-refractivity contribution in [1.29, 1.82) is 0 Å². The third kappa shape index (κ3) is 2.20. The van der Waals surface area contributed by atoms with Crippen LogP contribution in [0.5, 0.6) is 0 Å². The van der Waals surface area contributed by atoms with E-state index in [1.165, 1.54) is 6.07 Å². The zero-order valence-electron chi connectivity index (χ0n) is 8.55. The first-order valence-corrected chi connectivity index (χ1v) is 5.60. The number of aromatic nitrogens is 1. The van der Waals surface area contributed by atoms with Gasteiger partial charge >= 0.3 is 0 Å². The molecule has 0 unspecified atom stereocenters. The second-order valence-electron chi connectivity index (χ2n) is 3.94. The van der Waals surface area contributed by atoms with Gasteiger partial charge in [-0.2, -0.15) is 0 Å². The molecular weight excluding hydrogens is 261 g/mol. The fourth-order valence-electron chi connectivity index (χ4n) is 1.44. The van der Waals surface area contributed by atoms with Gasteiger partial charge in [0, 0.05) is 10.9 Å². The van der Waals surface area contributed by atoms with Crippen molar-refractivity contribution < 1.29 is 8.81 Å². The molecule has 0 bridgehead atoms.